The molecule has 0 amide bonds. The summed E-state index contributed by atoms with van der Waals surface area (Å²) >= 11 is 0. The van der Waals surface area contributed by atoms with Gasteiger partial charge in [-0.05, 0) is 36.3 Å². The molecular weight excluding hydrogens is 162 g/mol. The van der Waals surface area contributed by atoms with Gasteiger partial charge < -0.3 is 10.8 Å². The molecule has 1 aromatic rings. The van der Waals surface area contributed by atoms with Crippen molar-refractivity contribution in [3.05, 3.63) is 47.2 Å². The predicted octanol–water partition coefficient (Wildman–Crippen LogP) is 2.02. The van der Waals surface area contributed by atoms with E-state index in [1.54, 1.807) is 12.1 Å². The van der Waals surface area contributed by atoms with E-state index in [9.17, 15) is 0 Å². The van der Waals surface area contributed by atoms with Crippen LogP contribution < -0.4 is 5.73 Å². The SMILES string of the molecule is CC1=C(c2ccc(O)cc2)C(N)=C1. The van der Waals surface area contributed by atoms with Crippen LogP contribution >= 0.6 is 0 Å². The number of hydrogen-bond acceptors (Lipinski definition) is 2. The molecule has 3 N–H and O–H groups in total. The van der Waals surface area contributed by atoms with E-state index >= 15 is 0 Å². The fourth-order valence-corrected chi connectivity index (χ4v) is 1.55. The van der Waals surface area contributed by atoms with Crippen LogP contribution in [0.3, 0.4) is 0 Å². The van der Waals surface area contributed by atoms with Crippen molar-refractivity contribution in [2.24, 2.45) is 5.73 Å². The van der Waals surface area contributed by atoms with Gasteiger partial charge in [-0.1, -0.05) is 12.1 Å². The number of benzene rings is 1. The van der Waals surface area contributed by atoms with Gasteiger partial charge >= 0.3 is 0 Å². The summed E-state index contributed by atoms with van der Waals surface area (Å²) in [6.45, 7) is 2.03. The first kappa shape index (κ1) is 7.92. The molecule has 0 atom stereocenters. The number of phenolic OH excluding ortho intramolecular Hbond substituents is 1. The third kappa shape index (κ3) is 1.20. The second-order valence-electron chi connectivity index (χ2n) is 3.20. The predicted molar refractivity (Wildman–Crippen MR) is 53.0 cm³/mol. The molecule has 0 spiro atoms. The molecular formula is C11H11NO. The van der Waals surface area contributed by atoms with Gasteiger partial charge in [0.05, 0.1) is 0 Å². The maximum Gasteiger partial charge on any atom is 0.115 e. The maximum absolute atomic E-state index is 9.10. The van der Waals surface area contributed by atoms with Gasteiger partial charge in [0, 0.05) is 11.3 Å². The largest absolute Gasteiger partial charge is 0.508 e. The molecule has 0 aromatic heterocycles. The van der Waals surface area contributed by atoms with Crippen LogP contribution in [0.2, 0.25) is 0 Å². The highest BCUT2D eigenvalue weighted by Crippen LogP contribution is 2.32. The molecule has 0 fully saturated rings. The van der Waals surface area contributed by atoms with Crippen LogP contribution in [0.1, 0.15) is 12.5 Å². The van der Waals surface area contributed by atoms with Crippen molar-refractivity contribution < 1.29 is 5.11 Å². The number of aromatic hydroxyl groups is 1. The summed E-state index contributed by atoms with van der Waals surface area (Å²) in [5, 5.41) is 9.10. The number of nitrogens with two attached hydrogens (primary N) is 1. The average Bonchev–Trinajstić information content (AvgIpc) is 2.09. The maximum atomic E-state index is 9.10. The minimum absolute atomic E-state index is 0.281. The molecule has 2 nitrogen and oxygen atoms in total. The zero-order valence-electron chi connectivity index (χ0n) is 7.41. The van der Waals surface area contributed by atoms with Gasteiger partial charge in [-0.25, -0.2) is 0 Å². The smallest absolute Gasteiger partial charge is 0.115 e. The van der Waals surface area contributed by atoms with Crippen LogP contribution in [-0.2, 0) is 0 Å². The standard InChI is InChI=1S/C11H11NO/c1-7-6-10(12)11(7)8-2-4-9(13)5-3-8/h2-6,13H,12H2,1H3. The number of phenols is 1. The number of allylic oxidation sites excluding steroid dienone is 3. The molecule has 0 unspecified atom stereocenters. The summed E-state index contributed by atoms with van der Waals surface area (Å²) in [5.41, 5.74) is 9.91. The van der Waals surface area contributed by atoms with Gasteiger partial charge in [0.1, 0.15) is 5.75 Å². The summed E-state index contributed by atoms with van der Waals surface area (Å²) in [5.74, 6) is 0.281. The first-order valence-electron chi connectivity index (χ1n) is 4.16. The molecule has 0 aliphatic heterocycles. The highest BCUT2D eigenvalue weighted by molar-refractivity contribution is 5.88. The van der Waals surface area contributed by atoms with E-state index in [4.69, 9.17) is 10.8 Å². The molecule has 0 heterocycles. The molecule has 0 bridgehead atoms. The topological polar surface area (TPSA) is 46.2 Å². The second-order valence-corrected chi connectivity index (χ2v) is 3.20. The van der Waals surface area contributed by atoms with Gasteiger partial charge in [0.25, 0.3) is 0 Å². The van der Waals surface area contributed by atoms with Crippen LogP contribution in [-0.4, -0.2) is 5.11 Å². The van der Waals surface area contributed by atoms with E-state index in [2.05, 4.69) is 0 Å². The Balaban J connectivity index is 2.38. The van der Waals surface area contributed by atoms with E-state index in [1.807, 2.05) is 25.1 Å². The van der Waals surface area contributed by atoms with E-state index in [-0.39, 0.29) is 5.75 Å². The minimum atomic E-state index is 0.281. The summed E-state index contributed by atoms with van der Waals surface area (Å²) in [4.78, 5) is 0. The van der Waals surface area contributed by atoms with E-state index in [0.717, 1.165) is 16.8 Å². The zero-order chi connectivity index (χ0) is 9.42. The van der Waals surface area contributed by atoms with Crippen molar-refractivity contribution in [1.82, 2.24) is 0 Å². The number of hydrogen-bond donors (Lipinski definition) is 2. The average molecular weight is 173 g/mol. The first-order chi connectivity index (χ1) is 6.18. The van der Waals surface area contributed by atoms with Gasteiger partial charge in [-0.3, -0.25) is 0 Å². The van der Waals surface area contributed by atoms with Crippen molar-refractivity contribution in [3.63, 3.8) is 0 Å². The molecule has 2 rings (SSSR count). The molecule has 66 valence electrons. The van der Waals surface area contributed by atoms with Crippen molar-refractivity contribution in [2.45, 2.75) is 6.92 Å². The molecule has 0 saturated carbocycles. The second kappa shape index (κ2) is 2.66. The molecule has 1 aromatic carbocycles. The van der Waals surface area contributed by atoms with Crippen molar-refractivity contribution >= 4 is 5.57 Å². The Kier molecular flexibility index (Phi) is 1.62. The third-order valence-electron chi connectivity index (χ3n) is 2.21. The quantitative estimate of drug-likeness (QED) is 0.682. The van der Waals surface area contributed by atoms with Gasteiger partial charge in [0.15, 0.2) is 0 Å². The first-order valence-corrected chi connectivity index (χ1v) is 4.16. The third-order valence-corrected chi connectivity index (χ3v) is 2.21. The highest BCUT2D eigenvalue weighted by Gasteiger charge is 2.15. The molecule has 13 heavy (non-hydrogen) atoms. The van der Waals surface area contributed by atoms with Crippen LogP contribution in [0.25, 0.3) is 5.57 Å². The lowest BCUT2D eigenvalue weighted by Gasteiger charge is -2.19. The van der Waals surface area contributed by atoms with Crippen LogP contribution in [0.5, 0.6) is 5.75 Å². The Morgan fingerprint density at radius 3 is 2.23 bits per heavy atom. The lowest BCUT2D eigenvalue weighted by molar-refractivity contribution is 0.475. The van der Waals surface area contributed by atoms with E-state index in [1.165, 1.54) is 5.57 Å². The Labute approximate surface area is 77.0 Å². The van der Waals surface area contributed by atoms with Crippen LogP contribution in [0.15, 0.2) is 41.6 Å². The Bertz CT molecular complexity index is 399. The summed E-state index contributed by atoms with van der Waals surface area (Å²) in [7, 11) is 0. The lowest BCUT2D eigenvalue weighted by atomic mass is 9.89. The molecule has 1 aliphatic rings. The lowest BCUT2D eigenvalue weighted by Crippen LogP contribution is -2.09. The van der Waals surface area contributed by atoms with Gasteiger partial charge in [0.2, 0.25) is 0 Å². The van der Waals surface area contributed by atoms with E-state index < -0.39 is 0 Å². The van der Waals surface area contributed by atoms with Gasteiger partial charge in [-0.15, -0.1) is 0 Å². The number of rotatable bonds is 1. The zero-order valence-corrected chi connectivity index (χ0v) is 7.41. The highest BCUT2D eigenvalue weighted by atomic mass is 16.3. The Morgan fingerprint density at radius 1 is 1.15 bits per heavy atom. The fraction of sp³-hybridized carbons (Fsp3) is 0.0909. The van der Waals surface area contributed by atoms with E-state index in [0.29, 0.717) is 0 Å². The van der Waals surface area contributed by atoms with Gasteiger partial charge in [-0.2, -0.15) is 0 Å². The summed E-state index contributed by atoms with van der Waals surface area (Å²) < 4.78 is 0. The van der Waals surface area contributed by atoms with Crippen molar-refractivity contribution in [1.29, 1.82) is 0 Å². The summed E-state index contributed by atoms with van der Waals surface area (Å²) in [6.07, 6.45) is 1.95. The molecule has 0 saturated heterocycles. The Hall–Kier alpha value is -1.70. The van der Waals surface area contributed by atoms with Crippen LogP contribution in [0, 0.1) is 0 Å². The van der Waals surface area contributed by atoms with Crippen molar-refractivity contribution in [2.75, 3.05) is 0 Å². The normalized spacial score (nSPS) is 15.3. The minimum Gasteiger partial charge on any atom is -0.508 e. The fourth-order valence-electron chi connectivity index (χ4n) is 1.55. The molecule has 1 aliphatic carbocycles. The molecule has 0 radical (unpaired) electrons. The summed E-state index contributed by atoms with van der Waals surface area (Å²) in [6, 6.07) is 7.07. The monoisotopic (exact) mass is 173 g/mol. The van der Waals surface area contributed by atoms with Crippen molar-refractivity contribution in [3.8, 4) is 5.75 Å². The molecule has 2 heteroatoms. The van der Waals surface area contributed by atoms with Crippen LogP contribution in [0.4, 0.5) is 0 Å². The Morgan fingerprint density at radius 2 is 1.77 bits per heavy atom.